The van der Waals surface area contributed by atoms with Crippen LogP contribution >= 0.6 is 11.6 Å². The molecule has 0 aromatic rings. The predicted molar refractivity (Wildman–Crippen MR) is 61.3 cm³/mol. The summed E-state index contributed by atoms with van der Waals surface area (Å²) in [7, 11) is 0. The molecule has 1 heterocycles. The van der Waals surface area contributed by atoms with E-state index in [1.165, 1.54) is 6.92 Å². The fourth-order valence-corrected chi connectivity index (χ4v) is 4.36. The van der Waals surface area contributed by atoms with Crippen molar-refractivity contribution in [2.24, 2.45) is 23.7 Å². The van der Waals surface area contributed by atoms with Crippen molar-refractivity contribution in [2.75, 3.05) is 0 Å². The molecule has 2 fully saturated rings. The summed E-state index contributed by atoms with van der Waals surface area (Å²) in [6, 6.07) is 0. The number of hydrogen-bond donors (Lipinski definition) is 0. The van der Waals surface area contributed by atoms with Crippen LogP contribution < -0.4 is 0 Å². The summed E-state index contributed by atoms with van der Waals surface area (Å²) in [4.78, 5) is 11.2. The van der Waals surface area contributed by atoms with E-state index in [9.17, 15) is 4.79 Å². The molecule has 0 amide bonds. The van der Waals surface area contributed by atoms with Gasteiger partial charge in [-0.05, 0) is 0 Å². The average Bonchev–Trinajstić information content (AvgIpc) is 2.71. The van der Waals surface area contributed by atoms with Crippen molar-refractivity contribution in [3.63, 3.8) is 0 Å². The van der Waals surface area contributed by atoms with E-state index < -0.39 is 0 Å². The average molecular weight is 253 g/mol. The summed E-state index contributed by atoms with van der Waals surface area (Å²) < 4.78 is 11.6. The normalized spacial score (nSPS) is 52.8. The van der Waals surface area contributed by atoms with Gasteiger partial charge >= 0.3 is 5.97 Å². The van der Waals surface area contributed by atoms with Gasteiger partial charge in [-0.2, -0.15) is 0 Å². The standard InChI is InChI=1S/C13H13ClO3/c1-5(15)16-12-8-4-9(14)13-10(12)7-3-2-6(8)11(7)17-13/h2-4,6-8,10-13H,1H3. The maximum Gasteiger partial charge on any atom is 0.302 e. The Morgan fingerprint density at radius 3 is 2.88 bits per heavy atom. The molecule has 0 aromatic heterocycles. The van der Waals surface area contributed by atoms with Crippen LogP contribution in [-0.2, 0) is 14.3 Å². The van der Waals surface area contributed by atoms with E-state index in [1.807, 2.05) is 6.08 Å². The number of hydrogen-bond acceptors (Lipinski definition) is 3. The molecule has 1 aliphatic heterocycles. The summed E-state index contributed by atoms with van der Waals surface area (Å²) in [5.74, 6) is 0.876. The van der Waals surface area contributed by atoms with Crippen LogP contribution in [0, 0.1) is 23.7 Å². The minimum atomic E-state index is -0.213. The first-order valence-electron chi connectivity index (χ1n) is 6.05. The first-order valence-corrected chi connectivity index (χ1v) is 6.43. The molecule has 0 spiro atoms. The number of rotatable bonds is 1. The maximum atomic E-state index is 11.2. The molecule has 1 saturated carbocycles. The first kappa shape index (κ1) is 10.2. The van der Waals surface area contributed by atoms with E-state index in [4.69, 9.17) is 21.1 Å². The third-order valence-electron chi connectivity index (χ3n) is 4.54. The van der Waals surface area contributed by atoms with E-state index in [-0.39, 0.29) is 36.1 Å². The highest BCUT2D eigenvalue weighted by atomic mass is 35.5. The SMILES string of the molecule is CC(=O)OC1C2C=C(Cl)C3OC4C2C=CC4C31. The summed E-state index contributed by atoms with van der Waals surface area (Å²) in [5, 5.41) is 0.794. The predicted octanol–water partition coefficient (Wildman–Crippen LogP) is 1.87. The van der Waals surface area contributed by atoms with E-state index in [0.29, 0.717) is 11.8 Å². The number of carbonyl (C=O) groups is 1. The van der Waals surface area contributed by atoms with Crippen molar-refractivity contribution in [3.8, 4) is 0 Å². The van der Waals surface area contributed by atoms with Gasteiger partial charge in [-0.1, -0.05) is 29.8 Å². The highest BCUT2D eigenvalue weighted by Crippen LogP contribution is 2.59. The van der Waals surface area contributed by atoms with Crippen molar-refractivity contribution < 1.29 is 14.3 Å². The second kappa shape index (κ2) is 3.15. The zero-order chi connectivity index (χ0) is 11.7. The Morgan fingerprint density at radius 1 is 1.35 bits per heavy atom. The lowest BCUT2D eigenvalue weighted by Crippen LogP contribution is -2.48. The van der Waals surface area contributed by atoms with Gasteiger partial charge < -0.3 is 9.47 Å². The molecule has 0 N–H and O–H groups in total. The Morgan fingerprint density at radius 2 is 2.12 bits per heavy atom. The fourth-order valence-electron chi connectivity index (χ4n) is 4.02. The Bertz CT molecular complexity index is 456. The molecule has 0 radical (unpaired) electrons. The minimum Gasteiger partial charge on any atom is -0.461 e. The molecule has 0 aromatic carbocycles. The third-order valence-corrected chi connectivity index (χ3v) is 4.88. The van der Waals surface area contributed by atoms with Gasteiger partial charge in [0.1, 0.15) is 12.2 Å². The Hall–Kier alpha value is -0.800. The molecule has 3 nitrogen and oxygen atoms in total. The van der Waals surface area contributed by atoms with Gasteiger partial charge in [-0.3, -0.25) is 4.79 Å². The molecule has 5 bridgehead atoms. The minimum absolute atomic E-state index is 0.0660. The molecule has 1 saturated heterocycles. The number of ether oxygens (including phenoxy) is 2. The smallest absolute Gasteiger partial charge is 0.302 e. The van der Waals surface area contributed by atoms with Crippen molar-refractivity contribution in [3.05, 3.63) is 23.3 Å². The topological polar surface area (TPSA) is 35.5 Å². The molecule has 4 aliphatic rings. The number of halogens is 1. The second-order valence-corrected chi connectivity index (χ2v) is 5.78. The highest BCUT2D eigenvalue weighted by molar-refractivity contribution is 6.30. The van der Waals surface area contributed by atoms with Gasteiger partial charge in [-0.25, -0.2) is 0 Å². The third kappa shape index (κ3) is 1.14. The van der Waals surface area contributed by atoms with Crippen molar-refractivity contribution in [1.29, 1.82) is 0 Å². The van der Waals surface area contributed by atoms with E-state index in [2.05, 4.69) is 12.2 Å². The maximum absolute atomic E-state index is 11.2. The van der Waals surface area contributed by atoms with Crippen LogP contribution in [0.25, 0.3) is 0 Å². The summed E-state index contributed by atoms with van der Waals surface area (Å²) in [6.07, 6.45) is 6.58. The van der Waals surface area contributed by atoms with Crippen LogP contribution in [0.15, 0.2) is 23.3 Å². The van der Waals surface area contributed by atoms with E-state index in [1.54, 1.807) is 0 Å². The molecule has 7 unspecified atom stereocenters. The van der Waals surface area contributed by atoms with Crippen LogP contribution in [-0.4, -0.2) is 24.3 Å². The quantitative estimate of drug-likeness (QED) is 0.528. The van der Waals surface area contributed by atoms with Crippen LogP contribution in [0.5, 0.6) is 0 Å². The van der Waals surface area contributed by atoms with Crippen molar-refractivity contribution in [2.45, 2.75) is 25.2 Å². The second-order valence-electron chi connectivity index (χ2n) is 5.34. The highest BCUT2D eigenvalue weighted by Gasteiger charge is 2.63. The van der Waals surface area contributed by atoms with Gasteiger partial charge in [0.05, 0.1) is 6.10 Å². The van der Waals surface area contributed by atoms with Gasteiger partial charge in [0, 0.05) is 35.6 Å². The van der Waals surface area contributed by atoms with Gasteiger partial charge in [0.2, 0.25) is 0 Å². The zero-order valence-corrected chi connectivity index (χ0v) is 10.1. The fraction of sp³-hybridized carbons (Fsp3) is 0.615. The molecule has 7 atom stereocenters. The van der Waals surface area contributed by atoms with Gasteiger partial charge in [0.15, 0.2) is 0 Å². The largest absolute Gasteiger partial charge is 0.461 e. The van der Waals surface area contributed by atoms with E-state index in [0.717, 1.165) is 5.03 Å². The molecule has 17 heavy (non-hydrogen) atoms. The van der Waals surface area contributed by atoms with Crippen LogP contribution in [0.2, 0.25) is 0 Å². The number of esters is 1. The molecule has 4 heteroatoms. The molecule has 90 valence electrons. The summed E-state index contributed by atoms with van der Waals surface area (Å²) in [5.41, 5.74) is 0. The Balaban J connectivity index is 1.80. The Kier molecular flexibility index (Phi) is 1.88. The lowest BCUT2D eigenvalue weighted by Gasteiger charge is -2.41. The van der Waals surface area contributed by atoms with Crippen LogP contribution in [0.1, 0.15) is 6.92 Å². The van der Waals surface area contributed by atoms with Crippen molar-refractivity contribution in [1.82, 2.24) is 0 Å². The van der Waals surface area contributed by atoms with Crippen molar-refractivity contribution >= 4 is 17.6 Å². The summed E-state index contributed by atoms with van der Waals surface area (Å²) >= 11 is 6.27. The van der Waals surface area contributed by atoms with Gasteiger partial charge in [-0.15, -0.1) is 0 Å². The molecular weight excluding hydrogens is 240 g/mol. The first-order chi connectivity index (χ1) is 8.16. The lowest BCUT2D eigenvalue weighted by atomic mass is 9.66. The zero-order valence-electron chi connectivity index (χ0n) is 9.38. The molecule has 4 rings (SSSR count). The van der Waals surface area contributed by atoms with Crippen LogP contribution in [0.3, 0.4) is 0 Å². The van der Waals surface area contributed by atoms with E-state index >= 15 is 0 Å². The number of fused-ring (bicyclic) bond motifs is 2. The lowest BCUT2D eigenvalue weighted by molar-refractivity contribution is -0.155. The molecular formula is C13H13ClO3. The number of carbonyl (C=O) groups excluding carboxylic acids is 1. The monoisotopic (exact) mass is 252 g/mol. The van der Waals surface area contributed by atoms with Crippen LogP contribution in [0.4, 0.5) is 0 Å². The molecule has 3 aliphatic carbocycles. The Labute approximate surface area is 104 Å². The van der Waals surface area contributed by atoms with Gasteiger partial charge in [0.25, 0.3) is 0 Å². The summed E-state index contributed by atoms with van der Waals surface area (Å²) in [6.45, 7) is 1.47.